The molecule has 1 N–H and O–H groups in total. The van der Waals surface area contributed by atoms with E-state index in [4.69, 9.17) is 9.47 Å². The average Bonchev–Trinajstić information content (AvgIpc) is 3.15. The largest absolute Gasteiger partial charge is 0.484 e. The van der Waals surface area contributed by atoms with Crippen molar-refractivity contribution in [1.82, 2.24) is 0 Å². The summed E-state index contributed by atoms with van der Waals surface area (Å²) in [5, 5.41) is 2.75. The Morgan fingerprint density at radius 2 is 1.60 bits per heavy atom. The molecule has 30 heavy (non-hydrogen) atoms. The first-order valence-corrected chi connectivity index (χ1v) is 9.33. The second-order valence-corrected chi connectivity index (χ2v) is 6.47. The number of hydrogen-bond donors (Lipinski definition) is 1. The van der Waals surface area contributed by atoms with Crippen LogP contribution in [0.15, 0.2) is 95.6 Å². The molecule has 1 aliphatic heterocycles. The number of aliphatic imine (C=N–C) groups is 1. The van der Waals surface area contributed by atoms with Crippen molar-refractivity contribution in [2.45, 2.75) is 0 Å². The number of nitrogens with zero attached hydrogens (tertiary/aromatic N) is 1. The predicted molar refractivity (Wildman–Crippen MR) is 114 cm³/mol. The Hall–Kier alpha value is -4.19. The Bertz CT molecular complexity index is 1100. The number of para-hydroxylation sites is 1. The quantitative estimate of drug-likeness (QED) is 0.502. The van der Waals surface area contributed by atoms with Gasteiger partial charge in [-0.05, 0) is 48.0 Å². The van der Waals surface area contributed by atoms with E-state index in [1.54, 1.807) is 42.5 Å². The predicted octanol–water partition coefficient (Wildman–Crippen LogP) is 4.05. The van der Waals surface area contributed by atoms with Crippen molar-refractivity contribution in [1.29, 1.82) is 0 Å². The fourth-order valence-corrected chi connectivity index (χ4v) is 2.80. The van der Waals surface area contributed by atoms with Gasteiger partial charge in [-0.1, -0.05) is 48.5 Å². The van der Waals surface area contributed by atoms with Gasteiger partial charge in [0, 0.05) is 11.3 Å². The molecule has 1 heterocycles. The molecule has 0 atom stereocenters. The van der Waals surface area contributed by atoms with Gasteiger partial charge in [0.2, 0.25) is 5.90 Å². The van der Waals surface area contributed by atoms with Crippen LogP contribution in [0, 0.1) is 0 Å². The summed E-state index contributed by atoms with van der Waals surface area (Å²) in [6, 6.07) is 25.4. The van der Waals surface area contributed by atoms with Crippen molar-refractivity contribution >= 4 is 29.5 Å². The van der Waals surface area contributed by atoms with Crippen LogP contribution in [0.5, 0.6) is 5.75 Å². The van der Waals surface area contributed by atoms with Gasteiger partial charge in [-0.25, -0.2) is 9.79 Å². The zero-order chi connectivity index (χ0) is 20.8. The SMILES string of the molecule is O=C(COc1ccc(/C=C2\N=C(c3ccccc3)OC2=O)cc1)Nc1ccccc1. The van der Waals surface area contributed by atoms with Gasteiger partial charge in [-0.15, -0.1) is 0 Å². The van der Waals surface area contributed by atoms with E-state index in [0.717, 1.165) is 11.1 Å². The number of benzene rings is 3. The van der Waals surface area contributed by atoms with Gasteiger partial charge >= 0.3 is 5.97 Å². The van der Waals surface area contributed by atoms with Crippen LogP contribution in [0.25, 0.3) is 6.08 Å². The van der Waals surface area contributed by atoms with Gasteiger partial charge < -0.3 is 14.8 Å². The maximum Gasteiger partial charge on any atom is 0.363 e. The number of ether oxygens (including phenoxy) is 2. The van der Waals surface area contributed by atoms with Crippen molar-refractivity contribution in [3.05, 3.63) is 102 Å². The molecule has 0 saturated carbocycles. The van der Waals surface area contributed by atoms with Crippen LogP contribution >= 0.6 is 0 Å². The van der Waals surface area contributed by atoms with Crippen LogP contribution in [0.2, 0.25) is 0 Å². The summed E-state index contributed by atoms with van der Waals surface area (Å²) in [5.74, 6) is 0.0923. The topological polar surface area (TPSA) is 77.0 Å². The van der Waals surface area contributed by atoms with Gasteiger partial charge in [-0.2, -0.15) is 0 Å². The van der Waals surface area contributed by atoms with Crippen LogP contribution in [0.1, 0.15) is 11.1 Å². The molecule has 0 spiro atoms. The minimum absolute atomic E-state index is 0.105. The van der Waals surface area contributed by atoms with E-state index >= 15 is 0 Å². The van der Waals surface area contributed by atoms with E-state index in [2.05, 4.69) is 10.3 Å². The van der Waals surface area contributed by atoms with Crippen molar-refractivity contribution in [3.8, 4) is 5.75 Å². The highest BCUT2D eigenvalue weighted by Gasteiger charge is 2.23. The Morgan fingerprint density at radius 3 is 2.30 bits per heavy atom. The van der Waals surface area contributed by atoms with Crippen molar-refractivity contribution in [2.24, 2.45) is 4.99 Å². The highest BCUT2D eigenvalue weighted by atomic mass is 16.6. The van der Waals surface area contributed by atoms with Crippen molar-refractivity contribution < 1.29 is 19.1 Å². The Balaban J connectivity index is 1.37. The molecular weight excluding hydrogens is 380 g/mol. The zero-order valence-corrected chi connectivity index (χ0v) is 15.9. The van der Waals surface area contributed by atoms with Gasteiger partial charge in [-0.3, -0.25) is 4.79 Å². The third-order valence-corrected chi connectivity index (χ3v) is 4.25. The van der Waals surface area contributed by atoms with Crippen LogP contribution in [0.4, 0.5) is 5.69 Å². The molecule has 148 valence electrons. The Labute approximate surface area is 173 Å². The first kappa shape index (κ1) is 19.1. The number of nitrogens with one attached hydrogen (secondary N) is 1. The number of carbonyl (C=O) groups is 2. The lowest BCUT2D eigenvalue weighted by atomic mass is 10.2. The van der Waals surface area contributed by atoms with Crippen LogP contribution in [0.3, 0.4) is 0 Å². The molecule has 1 amide bonds. The molecular formula is C24H18N2O4. The third kappa shape index (κ3) is 4.80. The number of carbonyl (C=O) groups excluding carboxylic acids is 2. The number of hydrogen-bond acceptors (Lipinski definition) is 5. The summed E-state index contributed by atoms with van der Waals surface area (Å²) in [6.07, 6.45) is 1.64. The minimum Gasteiger partial charge on any atom is -0.484 e. The number of rotatable bonds is 6. The standard InChI is InChI=1S/C24H18N2O4/c27-22(25-19-9-5-2-6-10-19)16-29-20-13-11-17(12-14-20)15-21-24(28)30-23(26-21)18-7-3-1-4-8-18/h1-15H,16H2,(H,25,27)/b21-15-. The summed E-state index contributed by atoms with van der Waals surface area (Å²) >= 11 is 0. The summed E-state index contributed by atoms with van der Waals surface area (Å²) in [7, 11) is 0. The van der Waals surface area contributed by atoms with E-state index in [-0.39, 0.29) is 24.1 Å². The smallest absolute Gasteiger partial charge is 0.363 e. The fourth-order valence-electron chi connectivity index (χ4n) is 2.80. The lowest BCUT2D eigenvalue weighted by molar-refractivity contribution is -0.130. The zero-order valence-electron chi connectivity index (χ0n) is 15.9. The van der Waals surface area contributed by atoms with Crippen LogP contribution in [-0.2, 0) is 14.3 Å². The van der Waals surface area contributed by atoms with Gasteiger partial charge in [0.05, 0.1) is 0 Å². The molecule has 6 nitrogen and oxygen atoms in total. The highest BCUT2D eigenvalue weighted by molar-refractivity contribution is 6.12. The lowest BCUT2D eigenvalue weighted by Gasteiger charge is -2.07. The maximum absolute atomic E-state index is 12.1. The summed E-state index contributed by atoms with van der Waals surface area (Å²) < 4.78 is 10.8. The number of cyclic esters (lactones) is 1. The number of esters is 1. The highest BCUT2D eigenvalue weighted by Crippen LogP contribution is 2.20. The van der Waals surface area contributed by atoms with Crippen LogP contribution < -0.4 is 10.1 Å². The molecule has 4 rings (SSSR count). The molecule has 0 saturated heterocycles. The average molecular weight is 398 g/mol. The molecule has 0 bridgehead atoms. The van der Waals surface area contributed by atoms with Gasteiger partial charge in [0.15, 0.2) is 12.3 Å². The third-order valence-electron chi connectivity index (χ3n) is 4.25. The Morgan fingerprint density at radius 1 is 0.933 bits per heavy atom. The van der Waals surface area contributed by atoms with Crippen molar-refractivity contribution in [2.75, 3.05) is 11.9 Å². The molecule has 1 aliphatic rings. The summed E-state index contributed by atoms with van der Waals surface area (Å²) in [6.45, 7) is -0.105. The second kappa shape index (κ2) is 8.87. The molecule has 0 aromatic heterocycles. The minimum atomic E-state index is -0.494. The normalized spacial score (nSPS) is 14.2. The molecule has 6 heteroatoms. The van der Waals surface area contributed by atoms with E-state index in [1.807, 2.05) is 48.5 Å². The van der Waals surface area contributed by atoms with Crippen LogP contribution in [-0.4, -0.2) is 24.4 Å². The molecule has 0 aliphatic carbocycles. The Kier molecular flexibility index (Phi) is 5.66. The molecule has 0 unspecified atom stereocenters. The maximum atomic E-state index is 12.1. The molecule has 3 aromatic rings. The fraction of sp³-hybridized carbons (Fsp3) is 0.0417. The van der Waals surface area contributed by atoms with E-state index < -0.39 is 5.97 Å². The lowest BCUT2D eigenvalue weighted by Crippen LogP contribution is -2.20. The van der Waals surface area contributed by atoms with Crippen molar-refractivity contribution in [3.63, 3.8) is 0 Å². The second-order valence-electron chi connectivity index (χ2n) is 6.47. The number of anilines is 1. The van der Waals surface area contributed by atoms with Gasteiger partial charge in [0.1, 0.15) is 5.75 Å². The van der Waals surface area contributed by atoms with E-state index in [0.29, 0.717) is 11.4 Å². The van der Waals surface area contributed by atoms with E-state index in [1.165, 1.54) is 0 Å². The molecule has 0 fully saturated rings. The monoisotopic (exact) mass is 398 g/mol. The first-order valence-electron chi connectivity index (χ1n) is 9.33. The number of amides is 1. The summed E-state index contributed by atoms with van der Waals surface area (Å²) in [5.41, 5.74) is 2.45. The van der Waals surface area contributed by atoms with Gasteiger partial charge in [0.25, 0.3) is 5.91 Å². The molecule has 0 radical (unpaired) electrons. The molecule has 3 aromatic carbocycles. The summed E-state index contributed by atoms with van der Waals surface area (Å²) in [4.78, 5) is 28.3. The van der Waals surface area contributed by atoms with E-state index in [9.17, 15) is 9.59 Å². The first-order chi connectivity index (χ1) is 14.7.